The Balaban J connectivity index is 2.11. The smallest absolute Gasteiger partial charge is 0.201 e. The topological polar surface area (TPSA) is 110 Å². The Morgan fingerprint density at radius 1 is 1.30 bits per heavy atom. The van der Waals surface area contributed by atoms with E-state index < -0.39 is 0 Å². The first-order chi connectivity index (χ1) is 9.70. The molecule has 1 aromatic carbocycles. The molecule has 0 heterocycles. The summed E-state index contributed by atoms with van der Waals surface area (Å²) in [7, 11) is 0. The quantitative estimate of drug-likeness (QED) is 0.373. The highest BCUT2D eigenvalue weighted by Crippen LogP contribution is 2.27. The average Bonchev–Trinajstić information content (AvgIpc) is 2.94. The Morgan fingerprint density at radius 2 is 1.95 bits per heavy atom. The molecule has 1 aliphatic rings. The van der Waals surface area contributed by atoms with Gasteiger partial charge in [-0.1, -0.05) is 25.0 Å². The molecule has 5 N–H and O–H groups in total. The van der Waals surface area contributed by atoms with Crippen molar-refractivity contribution in [2.45, 2.75) is 31.7 Å². The van der Waals surface area contributed by atoms with Gasteiger partial charge in [0, 0.05) is 6.04 Å². The van der Waals surface area contributed by atoms with Gasteiger partial charge in [-0.2, -0.15) is 10.4 Å². The molecule has 0 unspecified atom stereocenters. The third-order valence-electron chi connectivity index (χ3n) is 3.29. The Kier molecular flexibility index (Phi) is 4.56. The second kappa shape index (κ2) is 6.57. The van der Waals surface area contributed by atoms with E-state index >= 15 is 0 Å². The lowest BCUT2D eigenvalue weighted by molar-refractivity contribution is 0.756. The van der Waals surface area contributed by atoms with Crippen LogP contribution in [0.15, 0.2) is 29.4 Å². The molecule has 0 saturated heterocycles. The summed E-state index contributed by atoms with van der Waals surface area (Å²) >= 11 is 0. The molecule has 1 aromatic rings. The number of nitrogens with zero attached hydrogens (tertiary/aromatic N) is 2. The van der Waals surface area contributed by atoms with Crippen molar-refractivity contribution in [3.05, 3.63) is 24.3 Å². The van der Waals surface area contributed by atoms with Gasteiger partial charge in [-0.25, -0.2) is 0 Å². The Morgan fingerprint density at radius 3 is 2.55 bits per heavy atom. The van der Waals surface area contributed by atoms with Crippen molar-refractivity contribution < 1.29 is 0 Å². The van der Waals surface area contributed by atoms with Crippen LogP contribution in [0.3, 0.4) is 0 Å². The van der Waals surface area contributed by atoms with Crippen LogP contribution in [0.2, 0.25) is 0 Å². The number of nitrogens with one attached hydrogen (secondary N) is 3. The van der Waals surface area contributed by atoms with Crippen LogP contribution in [0, 0.1) is 16.7 Å². The van der Waals surface area contributed by atoms with E-state index in [9.17, 15) is 0 Å². The van der Waals surface area contributed by atoms with Crippen LogP contribution in [-0.4, -0.2) is 17.6 Å². The third kappa shape index (κ3) is 3.48. The number of rotatable bonds is 5. The fourth-order valence-corrected chi connectivity index (χ4v) is 2.26. The molecular weight excluding hydrogens is 252 g/mol. The fourth-order valence-electron chi connectivity index (χ4n) is 2.26. The molecule has 1 aliphatic carbocycles. The third-order valence-corrected chi connectivity index (χ3v) is 3.29. The van der Waals surface area contributed by atoms with Crippen molar-refractivity contribution in [2.24, 2.45) is 10.8 Å². The maximum atomic E-state index is 8.82. The number of benzene rings is 1. The number of nitrogens with two attached hydrogens (primary N) is 1. The molecule has 0 spiro atoms. The summed E-state index contributed by atoms with van der Waals surface area (Å²) in [5, 5.41) is 23.4. The van der Waals surface area contributed by atoms with Crippen molar-refractivity contribution in [3.8, 4) is 6.07 Å². The zero-order valence-electron chi connectivity index (χ0n) is 11.2. The zero-order chi connectivity index (χ0) is 14.4. The predicted molar refractivity (Wildman–Crippen MR) is 80.9 cm³/mol. The van der Waals surface area contributed by atoms with Gasteiger partial charge >= 0.3 is 0 Å². The Bertz CT molecular complexity index is 551. The normalized spacial score (nSPS) is 15.7. The van der Waals surface area contributed by atoms with E-state index in [0.717, 1.165) is 11.4 Å². The van der Waals surface area contributed by atoms with E-state index in [2.05, 4.69) is 15.8 Å². The van der Waals surface area contributed by atoms with Crippen LogP contribution in [0.25, 0.3) is 0 Å². The van der Waals surface area contributed by atoms with Crippen molar-refractivity contribution in [1.29, 1.82) is 10.7 Å². The fraction of sp³-hybridized carbons (Fsp3) is 0.357. The lowest BCUT2D eigenvalue weighted by Gasteiger charge is -2.16. The number of nitriles is 1. The first-order valence-electron chi connectivity index (χ1n) is 6.64. The number of hydrogen-bond acceptors (Lipinski definition) is 5. The number of hydrogen-bond donors (Lipinski definition) is 4. The van der Waals surface area contributed by atoms with E-state index in [1.165, 1.54) is 25.7 Å². The van der Waals surface area contributed by atoms with Crippen LogP contribution < -0.4 is 16.5 Å². The molecule has 0 radical (unpaired) electrons. The van der Waals surface area contributed by atoms with Crippen LogP contribution in [0.4, 0.5) is 11.4 Å². The second-order valence-electron chi connectivity index (χ2n) is 4.77. The first-order valence-corrected chi connectivity index (χ1v) is 6.64. The number of amidine groups is 1. The maximum Gasteiger partial charge on any atom is 0.201 e. The standard InChI is InChI=1S/C14H18N6/c15-9-13(14(16)17)20-19-12-8-4-3-7-11(12)18-10-5-1-2-6-10/h3-4,7-8,10,18-19H,1-2,5-6H2,(H3,16,17)/b20-13+. The molecular formula is C14H18N6. The molecule has 20 heavy (non-hydrogen) atoms. The number of para-hydroxylation sites is 2. The van der Waals surface area contributed by atoms with E-state index in [-0.39, 0.29) is 11.5 Å². The van der Waals surface area contributed by atoms with Gasteiger partial charge in [0.05, 0.1) is 11.4 Å². The SMILES string of the molecule is N#C/C(=N\Nc1ccccc1NC1CCCC1)C(=N)N. The minimum absolute atomic E-state index is 0.124. The predicted octanol–water partition coefficient (Wildman–Crippen LogP) is 2.27. The highest BCUT2D eigenvalue weighted by Gasteiger charge is 2.15. The number of hydrazone groups is 1. The van der Waals surface area contributed by atoms with Gasteiger partial charge in [0.25, 0.3) is 0 Å². The number of anilines is 2. The van der Waals surface area contributed by atoms with Gasteiger partial charge in [-0.05, 0) is 25.0 Å². The van der Waals surface area contributed by atoms with E-state index in [1.54, 1.807) is 6.07 Å². The van der Waals surface area contributed by atoms with Crippen LogP contribution in [0.5, 0.6) is 0 Å². The van der Waals surface area contributed by atoms with Crippen molar-refractivity contribution in [2.75, 3.05) is 10.7 Å². The van der Waals surface area contributed by atoms with Crippen molar-refractivity contribution in [3.63, 3.8) is 0 Å². The van der Waals surface area contributed by atoms with Gasteiger partial charge in [-0.15, -0.1) is 0 Å². The monoisotopic (exact) mass is 270 g/mol. The molecule has 104 valence electrons. The van der Waals surface area contributed by atoms with Gasteiger partial charge < -0.3 is 11.1 Å². The summed E-state index contributed by atoms with van der Waals surface area (Å²) in [6.45, 7) is 0. The largest absolute Gasteiger partial charge is 0.382 e. The van der Waals surface area contributed by atoms with Gasteiger partial charge in [0.2, 0.25) is 5.71 Å². The zero-order valence-corrected chi connectivity index (χ0v) is 11.2. The molecule has 2 rings (SSSR count). The lowest BCUT2D eigenvalue weighted by atomic mass is 10.2. The van der Waals surface area contributed by atoms with Gasteiger partial charge in [0.15, 0.2) is 5.84 Å². The van der Waals surface area contributed by atoms with E-state index in [4.69, 9.17) is 16.4 Å². The molecule has 6 heteroatoms. The van der Waals surface area contributed by atoms with Gasteiger partial charge in [-0.3, -0.25) is 10.8 Å². The van der Waals surface area contributed by atoms with Gasteiger partial charge in [0.1, 0.15) is 6.07 Å². The minimum atomic E-state index is -0.346. The average molecular weight is 270 g/mol. The molecule has 0 aromatic heterocycles. The lowest BCUT2D eigenvalue weighted by Crippen LogP contribution is -2.22. The summed E-state index contributed by atoms with van der Waals surface area (Å²) in [4.78, 5) is 0. The van der Waals surface area contributed by atoms with Crippen molar-refractivity contribution in [1.82, 2.24) is 0 Å². The molecule has 0 bridgehead atoms. The Hall–Kier alpha value is -2.55. The molecule has 0 atom stereocenters. The summed E-state index contributed by atoms with van der Waals surface area (Å²) in [5.41, 5.74) is 9.65. The van der Waals surface area contributed by atoms with E-state index in [0.29, 0.717) is 6.04 Å². The highest BCUT2D eigenvalue weighted by atomic mass is 15.3. The summed E-state index contributed by atoms with van der Waals surface area (Å²) in [6.07, 6.45) is 4.87. The summed E-state index contributed by atoms with van der Waals surface area (Å²) in [5.74, 6) is -0.346. The molecule has 1 saturated carbocycles. The molecule has 1 fully saturated rings. The maximum absolute atomic E-state index is 8.82. The summed E-state index contributed by atoms with van der Waals surface area (Å²) < 4.78 is 0. The molecule has 6 nitrogen and oxygen atoms in total. The second-order valence-corrected chi connectivity index (χ2v) is 4.77. The first kappa shape index (κ1) is 13.9. The summed E-state index contributed by atoms with van der Waals surface area (Å²) in [6, 6.07) is 9.95. The molecule has 0 aliphatic heterocycles. The van der Waals surface area contributed by atoms with Crippen LogP contribution in [0.1, 0.15) is 25.7 Å². The van der Waals surface area contributed by atoms with Crippen LogP contribution in [-0.2, 0) is 0 Å². The highest BCUT2D eigenvalue weighted by molar-refractivity contribution is 6.45. The van der Waals surface area contributed by atoms with Crippen molar-refractivity contribution >= 4 is 22.9 Å². The minimum Gasteiger partial charge on any atom is -0.382 e. The Labute approximate surface area is 118 Å². The van der Waals surface area contributed by atoms with E-state index in [1.807, 2.05) is 24.3 Å². The molecule has 0 amide bonds. The van der Waals surface area contributed by atoms with Crippen LogP contribution >= 0.6 is 0 Å².